The van der Waals surface area contributed by atoms with Crippen molar-refractivity contribution in [2.75, 3.05) is 11.9 Å². The lowest BCUT2D eigenvalue weighted by Gasteiger charge is -2.08. The van der Waals surface area contributed by atoms with Crippen LogP contribution in [0.4, 0.5) is 5.13 Å². The molecule has 0 saturated heterocycles. The first-order chi connectivity index (χ1) is 10.1. The number of para-hydroxylation sites is 1. The molecule has 0 aliphatic rings. The standard InChI is InChI=1S/C14H15N3O3S/c1-3-20-11-7-5-4-6-10(11)13(19)16-14-15-12(17-21-14)8-9(2)18/h4-7H,3,8H2,1-2H3,(H,15,16,17,19). The van der Waals surface area contributed by atoms with Crippen LogP contribution in [-0.2, 0) is 11.2 Å². The first-order valence-electron chi connectivity index (χ1n) is 6.45. The highest BCUT2D eigenvalue weighted by Gasteiger charge is 2.14. The molecule has 0 atom stereocenters. The van der Waals surface area contributed by atoms with Gasteiger partial charge in [0, 0.05) is 11.5 Å². The van der Waals surface area contributed by atoms with Crippen LogP contribution in [0.3, 0.4) is 0 Å². The predicted octanol–water partition coefficient (Wildman–Crippen LogP) is 2.32. The van der Waals surface area contributed by atoms with Crippen molar-refractivity contribution in [2.45, 2.75) is 20.3 Å². The number of rotatable bonds is 6. The van der Waals surface area contributed by atoms with Gasteiger partial charge in [-0.05, 0) is 26.0 Å². The minimum absolute atomic E-state index is 0.0210. The Kier molecular flexibility index (Phi) is 4.99. The molecular weight excluding hydrogens is 290 g/mol. The van der Waals surface area contributed by atoms with E-state index in [1.807, 2.05) is 6.92 Å². The Labute approximate surface area is 126 Å². The minimum Gasteiger partial charge on any atom is -0.493 e. The Morgan fingerprint density at radius 2 is 2.10 bits per heavy atom. The van der Waals surface area contributed by atoms with Gasteiger partial charge in [0.15, 0.2) is 5.82 Å². The lowest BCUT2D eigenvalue weighted by Crippen LogP contribution is -2.13. The van der Waals surface area contributed by atoms with Gasteiger partial charge in [-0.1, -0.05) is 12.1 Å². The molecule has 1 amide bonds. The quantitative estimate of drug-likeness (QED) is 0.885. The minimum atomic E-state index is -0.315. The van der Waals surface area contributed by atoms with E-state index in [-0.39, 0.29) is 18.1 Å². The molecule has 0 aliphatic heterocycles. The van der Waals surface area contributed by atoms with Crippen molar-refractivity contribution in [2.24, 2.45) is 0 Å². The van der Waals surface area contributed by atoms with Crippen LogP contribution in [0.5, 0.6) is 5.75 Å². The molecule has 0 unspecified atom stereocenters. The highest BCUT2D eigenvalue weighted by molar-refractivity contribution is 7.09. The molecule has 0 aliphatic carbocycles. The van der Waals surface area contributed by atoms with Crippen molar-refractivity contribution in [3.8, 4) is 5.75 Å². The van der Waals surface area contributed by atoms with Crippen LogP contribution in [-0.4, -0.2) is 27.7 Å². The van der Waals surface area contributed by atoms with Crippen LogP contribution in [0, 0.1) is 0 Å². The second-order valence-electron chi connectivity index (χ2n) is 4.28. The van der Waals surface area contributed by atoms with E-state index in [0.29, 0.717) is 28.9 Å². The number of nitrogens with one attached hydrogen (secondary N) is 1. The largest absolute Gasteiger partial charge is 0.493 e. The van der Waals surface area contributed by atoms with Gasteiger partial charge in [-0.3, -0.25) is 14.9 Å². The van der Waals surface area contributed by atoms with Crippen LogP contribution >= 0.6 is 11.5 Å². The summed E-state index contributed by atoms with van der Waals surface area (Å²) in [7, 11) is 0. The fourth-order valence-corrected chi connectivity index (χ4v) is 2.28. The third-order valence-electron chi connectivity index (χ3n) is 2.53. The molecule has 1 aromatic carbocycles. The average Bonchev–Trinajstić information content (AvgIpc) is 2.86. The van der Waals surface area contributed by atoms with Crippen LogP contribution in [0.2, 0.25) is 0 Å². The number of carbonyl (C=O) groups is 2. The number of hydrogen-bond donors (Lipinski definition) is 1. The fourth-order valence-electron chi connectivity index (χ4n) is 1.70. The molecule has 0 fully saturated rings. The molecule has 2 rings (SSSR count). The predicted molar refractivity (Wildman–Crippen MR) is 79.9 cm³/mol. The summed E-state index contributed by atoms with van der Waals surface area (Å²) < 4.78 is 9.44. The maximum atomic E-state index is 12.2. The second kappa shape index (κ2) is 6.94. The summed E-state index contributed by atoms with van der Waals surface area (Å²) in [4.78, 5) is 27.3. The van der Waals surface area contributed by atoms with E-state index in [2.05, 4.69) is 14.7 Å². The maximum Gasteiger partial charge on any atom is 0.261 e. The molecule has 1 aromatic heterocycles. The van der Waals surface area contributed by atoms with Crippen LogP contribution in [0.15, 0.2) is 24.3 Å². The zero-order chi connectivity index (χ0) is 15.2. The number of benzene rings is 1. The van der Waals surface area contributed by atoms with E-state index in [1.54, 1.807) is 24.3 Å². The van der Waals surface area contributed by atoms with Crippen molar-refractivity contribution in [1.82, 2.24) is 9.36 Å². The van der Waals surface area contributed by atoms with Gasteiger partial charge in [-0.25, -0.2) is 4.98 Å². The van der Waals surface area contributed by atoms with E-state index in [9.17, 15) is 9.59 Å². The second-order valence-corrected chi connectivity index (χ2v) is 5.03. The third kappa shape index (κ3) is 4.09. The molecule has 1 heterocycles. The summed E-state index contributed by atoms with van der Waals surface area (Å²) in [6, 6.07) is 6.98. The number of ketones is 1. The molecular formula is C14H15N3O3S. The number of nitrogens with zero attached hydrogens (tertiary/aromatic N) is 2. The average molecular weight is 305 g/mol. The summed E-state index contributed by atoms with van der Waals surface area (Å²) in [5, 5.41) is 3.03. The van der Waals surface area contributed by atoms with Gasteiger partial charge in [0.05, 0.1) is 18.6 Å². The molecule has 6 nitrogen and oxygen atoms in total. The Bertz CT molecular complexity index is 654. The van der Waals surface area contributed by atoms with Gasteiger partial charge < -0.3 is 4.74 Å². The highest BCUT2D eigenvalue weighted by atomic mass is 32.1. The van der Waals surface area contributed by atoms with Gasteiger partial charge in [0.25, 0.3) is 5.91 Å². The zero-order valence-electron chi connectivity index (χ0n) is 11.8. The third-order valence-corrected chi connectivity index (χ3v) is 3.20. The molecule has 1 N–H and O–H groups in total. The molecule has 110 valence electrons. The molecule has 7 heteroatoms. The van der Waals surface area contributed by atoms with Gasteiger partial charge in [-0.2, -0.15) is 4.37 Å². The Morgan fingerprint density at radius 1 is 1.33 bits per heavy atom. The Hall–Kier alpha value is -2.28. The maximum absolute atomic E-state index is 12.2. The van der Waals surface area contributed by atoms with Crippen LogP contribution in [0.1, 0.15) is 30.0 Å². The molecule has 0 saturated carbocycles. The highest BCUT2D eigenvalue weighted by Crippen LogP contribution is 2.20. The normalized spacial score (nSPS) is 10.2. The summed E-state index contributed by atoms with van der Waals surface area (Å²) >= 11 is 1.05. The zero-order valence-corrected chi connectivity index (χ0v) is 12.6. The Morgan fingerprint density at radius 3 is 2.81 bits per heavy atom. The topological polar surface area (TPSA) is 81.2 Å². The van der Waals surface area contributed by atoms with Crippen molar-refractivity contribution < 1.29 is 14.3 Å². The Balaban J connectivity index is 2.11. The smallest absolute Gasteiger partial charge is 0.261 e. The number of anilines is 1. The summed E-state index contributed by atoms with van der Waals surface area (Å²) in [5.41, 5.74) is 0.433. The molecule has 21 heavy (non-hydrogen) atoms. The molecule has 0 radical (unpaired) electrons. The summed E-state index contributed by atoms with van der Waals surface area (Å²) in [6.07, 6.45) is 0.169. The van der Waals surface area contributed by atoms with Gasteiger partial charge in [0.1, 0.15) is 11.5 Å². The number of aromatic nitrogens is 2. The van der Waals surface area contributed by atoms with Crippen molar-refractivity contribution in [1.29, 1.82) is 0 Å². The SMILES string of the molecule is CCOc1ccccc1C(=O)Nc1nc(CC(C)=O)ns1. The van der Waals surface area contributed by atoms with E-state index < -0.39 is 0 Å². The first-order valence-corrected chi connectivity index (χ1v) is 7.22. The summed E-state index contributed by atoms with van der Waals surface area (Å²) in [6.45, 7) is 3.80. The number of hydrogen-bond acceptors (Lipinski definition) is 6. The number of amides is 1. The number of carbonyl (C=O) groups excluding carboxylic acids is 2. The molecule has 2 aromatic rings. The van der Waals surface area contributed by atoms with Gasteiger partial charge in [-0.15, -0.1) is 0 Å². The van der Waals surface area contributed by atoms with Crippen molar-refractivity contribution in [3.05, 3.63) is 35.7 Å². The van der Waals surface area contributed by atoms with E-state index in [0.717, 1.165) is 11.5 Å². The fraction of sp³-hybridized carbons (Fsp3) is 0.286. The molecule has 0 bridgehead atoms. The van der Waals surface area contributed by atoms with E-state index in [4.69, 9.17) is 4.74 Å². The molecule has 0 spiro atoms. The lowest BCUT2D eigenvalue weighted by atomic mass is 10.2. The van der Waals surface area contributed by atoms with Gasteiger partial charge >= 0.3 is 0 Å². The first kappa shape index (κ1) is 15.1. The summed E-state index contributed by atoms with van der Waals surface area (Å²) in [5.74, 6) is 0.601. The van der Waals surface area contributed by atoms with Crippen molar-refractivity contribution >= 4 is 28.4 Å². The van der Waals surface area contributed by atoms with Crippen LogP contribution in [0.25, 0.3) is 0 Å². The number of ether oxygens (including phenoxy) is 1. The monoisotopic (exact) mass is 305 g/mol. The van der Waals surface area contributed by atoms with Gasteiger partial charge in [0.2, 0.25) is 5.13 Å². The van der Waals surface area contributed by atoms with E-state index >= 15 is 0 Å². The number of Topliss-reactive ketones (excluding diaryl/α,β-unsaturated/α-hetero) is 1. The van der Waals surface area contributed by atoms with Crippen molar-refractivity contribution in [3.63, 3.8) is 0 Å². The van der Waals surface area contributed by atoms with E-state index in [1.165, 1.54) is 6.92 Å². The van der Waals surface area contributed by atoms with Crippen LogP contribution < -0.4 is 10.1 Å². The lowest BCUT2D eigenvalue weighted by molar-refractivity contribution is -0.116.